The summed E-state index contributed by atoms with van der Waals surface area (Å²) in [5.74, 6) is 0.951. The van der Waals surface area contributed by atoms with Gasteiger partial charge < -0.3 is 14.4 Å². The van der Waals surface area contributed by atoms with Crippen LogP contribution < -0.4 is 14.4 Å². The van der Waals surface area contributed by atoms with Crippen molar-refractivity contribution in [2.24, 2.45) is 0 Å². The summed E-state index contributed by atoms with van der Waals surface area (Å²) in [5.41, 5.74) is 0.138. The molecule has 1 heterocycles. The van der Waals surface area contributed by atoms with E-state index in [1.807, 2.05) is 13.8 Å². The lowest BCUT2D eigenvalue weighted by Gasteiger charge is -2.39. The lowest BCUT2D eigenvalue weighted by atomic mass is 10.0. The Morgan fingerprint density at radius 3 is 2.59 bits per heavy atom. The zero-order valence-electron chi connectivity index (χ0n) is 13.6. The van der Waals surface area contributed by atoms with Gasteiger partial charge in [-0.3, -0.25) is 9.59 Å². The molecule has 0 N–H and O–H groups in total. The molecule has 22 heavy (non-hydrogen) atoms. The van der Waals surface area contributed by atoms with Crippen LogP contribution in [-0.2, 0) is 4.79 Å². The highest BCUT2D eigenvalue weighted by molar-refractivity contribution is 6.03. The van der Waals surface area contributed by atoms with Crippen LogP contribution in [0.15, 0.2) is 12.1 Å². The lowest BCUT2D eigenvalue weighted by Crippen LogP contribution is -2.52. The number of ether oxygens (including phenoxy) is 2. The summed E-state index contributed by atoms with van der Waals surface area (Å²) in [6.45, 7) is 8.62. The van der Waals surface area contributed by atoms with Crippen LogP contribution in [0, 0.1) is 0 Å². The van der Waals surface area contributed by atoms with E-state index >= 15 is 0 Å². The maximum absolute atomic E-state index is 12.6. The summed E-state index contributed by atoms with van der Waals surface area (Å²) in [7, 11) is 0. The Hall–Kier alpha value is -2.04. The van der Waals surface area contributed by atoms with Crippen molar-refractivity contribution in [1.82, 2.24) is 0 Å². The fourth-order valence-electron chi connectivity index (χ4n) is 2.48. The predicted octanol–water partition coefficient (Wildman–Crippen LogP) is 3.20. The third-order valence-electron chi connectivity index (χ3n) is 3.51. The van der Waals surface area contributed by atoms with Crippen LogP contribution in [0.4, 0.5) is 5.69 Å². The minimum absolute atomic E-state index is 0.105. The highest BCUT2D eigenvalue weighted by atomic mass is 16.5. The van der Waals surface area contributed by atoms with Gasteiger partial charge in [-0.15, -0.1) is 0 Å². The number of aldehydes is 1. The molecule has 0 aliphatic carbocycles. The summed E-state index contributed by atoms with van der Waals surface area (Å²) in [6.07, 6.45) is 2.42. The number of benzene rings is 1. The highest BCUT2D eigenvalue weighted by Crippen LogP contribution is 2.45. The first kappa shape index (κ1) is 16.3. The first-order valence-corrected chi connectivity index (χ1v) is 7.71. The number of rotatable bonds is 6. The van der Waals surface area contributed by atoms with E-state index in [0.29, 0.717) is 35.9 Å². The van der Waals surface area contributed by atoms with Crippen molar-refractivity contribution in [2.45, 2.75) is 46.1 Å². The van der Waals surface area contributed by atoms with Crippen molar-refractivity contribution in [3.63, 3.8) is 0 Å². The largest absolute Gasteiger partial charge is 0.490 e. The second kappa shape index (κ2) is 6.38. The second-order valence-electron chi connectivity index (χ2n) is 5.90. The molecule has 2 rings (SSSR count). The van der Waals surface area contributed by atoms with Gasteiger partial charge >= 0.3 is 0 Å². The number of amides is 1. The average molecular weight is 305 g/mol. The molecule has 0 atom stereocenters. The second-order valence-corrected chi connectivity index (χ2v) is 5.90. The van der Waals surface area contributed by atoms with Crippen molar-refractivity contribution < 1.29 is 19.1 Å². The summed E-state index contributed by atoms with van der Waals surface area (Å²) >= 11 is 0. The molecule has 1 aromatic rings. The van der Waals surface area contributed by atoms with Crippen molar-refractivity contribution in [3.8, 4) is 11.5 Å². The molecule has 5 heteroatoms. The SMILES string of the molecule is CCCOc1cc(C=O)cc2c1OC(C)(C)C(=O)N2CCC. The van der Waals surface area contributed by atoms with E-state index in [1.54, 1.807) is 30.9 Å². The molecule has 0 unspecified atom stereocenters. The quantitative estimate of drug-likeness (QED) is 0.757. The van der Waals surface area contributed by atoms with Crippen molar-refractivity contribution in [1.29, 1.82) is 0 Å². The van der Waals surface area contributed by atoms with Gasteiger partial charge in [-0.2, -0.15) is 0 Å². The monoisotopic (exact) mass is 305 g/mol. The Bertz CT molecular complexity index is 580. The van der Waals surface area contributed by atoms with E-state index in [2.05, 4.69) is 0 Å². The molecule has 5 nitrogen and oxygen atoms in total. The van der Waals surface area contributed by atoms with Crippen molar-refractivity contribution in [3.05, 3.63) is 17.7 Å². The molecule has 0 radical (unpaired) electrons. The number of anilines is 1. The highest BCUT2D eigenvalue weighted by Gasteiger charge is 2.42. The van der Waals surface area contributed by atoms with Gasteiger partial charge in [0.15, 0.2) is 17.1 Å². The number of hydrogen-bond acceptors (Lipinski definition) is 4. The molecule has 0 spiro atoms. The van der Waals surface area contributed by atoms with Gasteiger partial charge in [0.2, 0.25) is 0 Å². The molecule has 1 aromatic carbocycles. The van der Waals surface area contributed by atoms with E-state index in [1.165, 1.54) is 0 Å². The van der Waals surface area contributed by atoms with Crippen molar-refractivity contribution in [2.75, 3.05) is 18.1 Å². The minimum atomic E-state index is -0.949. The molecule has 0 saturated heterocycles. The van der Waals surface area contributed by atoms with Gasteiger partial charge in [0, 0.05) is 12.1 Å². The van der Waals surface area contributed by atoms with Crippen LogP contribution in [0.2, 0.25) is 0 Å². The topological polar surface area (TPSA) is 55.8 Å². The zero-order valence-corrected chi connectivity index (χ0v) is 13.6. The smallest absolute Gasteiger partial charge is 0.270 e. The fourth-order valence-corrected chi connectivity index (χ4v) is 2.48. The molecule has 0 aromatic heterocycles. The van der Waals surface area contributed by atoms with E-state index in [0.717, 1.165) is 19.1 Å². The van der Waals surface area contributed by atoms with Crippen LogP contribution in [0.3, 0.4) is 0 Å². The van der Waals surface area contributed by atoms with Gasteiger partial charge in [-0.1, -0.05) is 13.8 Å². The third kappa shape index (κ3) is 2.93. The molecular weight excluding hydrogens is 282 g/mol. The first-order chi connectivity index (χ1) is 10.4. The predicted molar refractivity (Wildman–Crippen MR) is 85.0 cm³/mol. The Morgan fingerprint density at radius 1 is 1.27 bits per heavy atom. The van der Waals surface area contributed by atoms with Gasteiger partial charge in [0.25, 0.3) is 5.91 Å². The Morgan fingerprint density at radius 2 is 2.00 bits per heavy atom. The van der Waals surface area contributed by atoms with Gasteiger partial charge in [-0.05, 0) is 38.8 Å². The van der Waals surface area contributed by atoms with Crippen LogP contribution in [0.5, 0.6) is 11.5 Å². The number of hydrogen-bond donors (Lipinski definition) is 0. The first-order valence-electron chi connectivity index (χ1n) is 7.71. The molecule has 0 saturated carbocycles. The summed E-state index contributed by atoms with van der Waals surface area (Å²) in [5, 5.41) is 0. The Kier molecular flexibility index (Phi) is 4.74. The van der Waals surface area contributed by atoms with Gasteiger partial charge in [0.05, 0.1) is 12.3 Å². The summed E-state index contributed by atoms with van der Waals surface area (Å²) in [4.78, 5) is 25.5. The molecule has 0 bridgehead atoms. The number of fused-ring (bicyclic) bond motifs is 1. The Labute approximate surface area is 131 Å². The number of nitrogens with zero attached hydrogens (tertiary/aromatic N) is 1. The van der Waals surface area contributed by atoms with E-state index in [-0.39, 0.29) is 5.91 Å². The fraction of sp³-hybridized carbons (Fsp3) is 0.529. The van der Waals surface area contributed by atoms with Crippen LogP contribution in [0.25, 0.3) is 0 Å². The van der Waals surface area contributed by atoms with E-state index in [9.17, 15) is 9.59 Å². The zero-order chi connectivity index (χ0) is 16.3. The normalized spacial score (nSPS) is 16.0. The van der Waals surface area contributed by atoms with Gasteiger partial charge in [-0.25, -0.2) is 0 Å². The molecular formula is C17H23NO4. The third-order valence-corrected chi connectivity index (χ3v) is 3.51. The van der Waals surface area contributed by atoms with Crippen LogP contribution in [-0.4, -0.2) is 30.9 Å². The van der Waals surface area contributed by atoms with Gasteiger partial charge in [0.1, 0.15) is 6.29 Å². The van der Waals surface area contributed by atoms with E-state index in [4.69, 9.17) is 9.47 Å². The molecule has 120 valence electrons. The summed E-state index contributed by atoms with van der Waals surface area (Å²) in [6, 6.07) is 3.35. The standard InChI is InChI=1S/C17H23NO4/c1-5-7-18-13-9-12(11-19)10-14(21-8-6-2)15(13)22-17(3,4)16(18)20/h9-11H,5-8H2,1-4H3. The van der Waals surface area contributed by atoms with Crippen molar-refractivity contribution >= 4 is 17.9 Å². The number of carbonyl (C=O) groups excluding carboxylic acids is 2. The Balaban J connectivity index is 2.58. The maximum atomic E-state index is 12.6. The maximum Gasteiger partial charge on any atom is 0.270 e. The molecule has 1 aliphatic heterocycles. The lowest BCUT2D eigenvalue weighted by molar-refractivity contribution is -0.132. The van der Waals surface area contributed by atoms with Crippen LogP contribution >= 0.6 is 0 Å². The molecule has 1 amide bonds. The van der Waals surface area contributed by atoms with Crippen LogP contribution in [0.1, 0.15) is 50.9 Å². The summed E-state index contributed by atoms with van der Waals surface area (Å²) < 4.78 is 11.6. The van der Waals surface area contributed by atoms with E-state index < -0.39 is 5.60 Å². The minimum Gasteiger partial charge on any atom is -0.490 e. The number of carbonyl (C=O) groups is 2. The molecule has 1 aliphatic rings. The molecule has 0 fully saturated rings. The average Bonchev–Trinajstić information content (AvgIpc) is 2.49.